The van der Waals surface area contributed by atoms with Crippen LogP contribution in [0.4, 0.5) is 0 Å². The molecular formula is C27H16N2. The molecule has 0 saturated heterocycles. The highest BCUT2D eigenvalue weighted by Crippen LogP contribution is 2.37. The largest absolute Gasteiger partial charge is 0.307 e. The second-order valence-electron chi connectivity index (χ2n) is 7.70. The third-order valence-electron chi connectivity index (χ3n) is 6.14. The van der Waals surface area contributed by atoms with E-state index in [0.717, 1.165) is 11.0 Å². The first-order valence-electron chi connectivity index (χ1n) is 9.91. The van der Waals surface area contributed by atoms with Gasteiger partial charge in [0.2, 0.25) is 0 Å². The highest BCUT2D eigenvalue weighted by molar-refractivity contribution is 6.24. The summed E-state index contributed by atoms with van der Waals surface area (Å²) >= 11 is 0. The van der Waals surface area contributed by atoms with Gasteiger partial charge in [-0.25, -0.2) is 0 Å². The summed E-state index contributed by atoms with van der Waals surface area (Å²) in [6.45, 7) is 0. The smallest absolute Gasteiger partial charge is 0.0949 e. The molecule has 0 bridgehead atoms. The Hall–Kier alpha value is -3.91. The molecule has 0 aliphatic heterocycles. The number of hydrogen-bond acceptors (Lipinski definition) is 1. The average molecular weight is 368 g/mol. The van der Waals surface area contributed by atoms with Gasteiger partial charge in [0.05, 0.1) is 22.1 Å². The first-order valence-corrected chi connectivity index (χ1v) is 9.91. The zero-order valence-electron chi connectivity index (χ0n) is 15.6. The minimum Gasteiger partial charge on any atom is -0.307 e. The van der Waals surface area contributed by atoms with Gasteiger partial charge >= 0.3 is 0 Å². The Morgan fingerprint density at radius 3 is 2.21 bits per heavy atom. The topological polar surface area (TPSA) is 17.3 Å². The molecular weight excluding hydrogens is 352 g/mol. The summed E-state index contributed by atoms with van der Waals surface area (Å²) in [6.07, 6.45) is 1.90. The van der Waals surface area contributed by atoms with Crippen LogP contribution in [0.3, 0.4) is 0 Å². The predicted octanol–water partition coefficient (Wildman–Crippen LogP) is 7.10. The van der Waals surface area contributed by atoms with Crippen molar-refractivity contribution in [1.82, 2.24) is 9.38 Å². The van der Waals surface area contributed by atoms with E-state index in [1.165, 1.54) is 48.7 Å². The Morgan fingerprint density at radius 1 is 0.517 bits per heavy atom. The quantitative estimate of drug-likeness (QED) is 0.206. The highest BCUT2D eigenvalue weighted by Gasteiger charge is 2.15. The number of para-hydroxylation sites is 1. The van der Waals surface area contributed by atoms with Gasteiger partial charge in [0.15, 0.2) is 0 Å². The molecule has 134 valence electrons. The van der Waals surface area contributed by atoms with Crippen LogP contribution in [0.5, 0.6) is 0 Å². The Kier molecular flexibility index (Phi) is 2.77. The summed E-state index contributed by atoms with van der Waals surface area (Å²) in [7, 11) is 0. The lowest BCUT2D eigenvalue weighted by Crippen LogP contribution is -1.93. The molecule has 0 saturated carbocycles. The van der Waals surface area contributed by atoms with E-state index in [2.05, 4.69) is 89.3 Å². The van der Waals surface area contributed by atoms with Gasteiger partial charge in [0, 0.05) is 22.4 Å². The molecule has 0 atom stereocenters. The van der Waals surface area contributed by atoms with Crippen LogP contribution in [-0.4, -0.2) is 9.38 Å². The standard InChI is InChI=1S/C27H16N2/c1-2-7-18-15-22-19(14-17(18)6-1)11-12-24-26(22)21-9-5-13-28-27(21)25-16-20-8-3-4-10-23(20)29(24)25/h1-16H. The molecule has 2 nitrogen and oxygen atoms in total. The fourth-order valence-electron chi connectivity index (χ4n) is 4.87. The number of rotatable bonds is 0. The van der Waals surface area contributed by atoms with Crippen LogP contribution in [-0.2, 0) is 0 Å². The molecule has 3 heterocycles. The van der Waals surface area contributed by atoms with Crippen LogP contribution in [0.2, 0.25) is 0 Å². The summed E-state index contributed by atoms with van der Waals surface area (Å²) in [5, 5.41) is 8.79. The lowest BCUT2D eigenvalue weighted by atomic mass is 9.97. The molecule has 0 spiro atoms. The molecule has 0 amide bonds. The second kappa shape index (κ2) is 5.33. The van der Waals surface area contributed by atoms with E-state index in [1.807, 2.05) is 12.3 Å². The summed E-state index contributed by atoms with van der Waals surface area (Å²) in [5.74, 6) is 0. The Balaban J connectivity index is 1.85. The SMILES string of the molecule is c1ccc2cc3c(ccc4c3c3cccnc3c3cc5ccccc5n34)cc2c1. The lowest BCUT2D eigenvalue weighted by Gasteiger charge is -2.13. The molecule has 0 fully saturated rings. The van der Waals surface area contributed by atoms with Gasteiger partial charge in [-0.15, -0.1) is 0 Å². The van der Waals surface area contributed by atoms with Crippen LogP contribution < -0.4 is 0 Å². The van der Waals surface area contributed by atoms with E-state index in [9.17, 15) is 0 Å². The van der Waals surface area contributed by atoms with Gasteiger partial charge in [-0.3, -0.25) is 4.98 Å². The number of nitrogens with zero attached hydrogens (tertiary/aromatic N) is 2. The van der Waals surface area contributed by atoms with Crippen molar-refractivity contribution in [1.29, 1.82) is 0 Å². The Bertz CT molecular complexity index is 1760. The predicted molar refractivity (Wildman–Crippen MR) is 123 cm³/mol. The van der Waals surface area contributed by atoms with Gasteiger partial charge in [0.25, 0.3) is 0 Å². The average Bonchev–Trinajstić information content (AvgIpc) is 3.17. The van der Waals surface area contributed by atoms with Gasteiger partial charge in [0.1, 0.15) is 0 Å². The molecule has 0 unspecified atom stereocenters. The third kappa shape index (κ3) is 1.93. The number of fused-ring (bicyclic) bond motifs is 11. The third-order valence-corrected chi connectivity index (χ3v) is 6.14. The first kappa shape index (κ1) is 15.1. The monoisotopic (exact) mass is 368 g/mol. The molecule has 7 aromatic rings. The van der Waals surface area contributed by atoms with E-state index >= 15 is 0 Å². The zero-order valence-corrected chi connectivity index (χ0v) is 15.6. The van der Waals surface area contributed by atoms with Crippen LogP contribution in [0.25, 0.3) is 59.8 Å². The van der Waals surface area contributed by atoms with Crippen LogP contribution in [0, 0.1) is 0 Å². The number of aromatic nitrogens is 2. The molecule has 3 aromatic heterocycles. The van der Waals surface area contributed by atoms with Crippen molar-refractivity contribution in [2.45, 2.75) is 0 Å². The summed E-state index contributed by atoms with van der Waals surface area (Å²) in [5.41, 5.74) is 4.66. The van der Waals surface area contributed by atoms with E-state index in [-0.39, 0.29) is 0 Å². The van der Waals surface area contributed by atoms with E-state index in [0.29, 0.717) is 0 Å². The van der Waals surface area contributed by atoms with Gasteiger partial charge in [-0.2, -0.15) is 0 Å². The Labute approximate surface area is 166 Å². The number of benzene rings is 4. The van der Waals surface area contributed by atoms with Crippen molar-refractivity contribution in [2.75, 3.05) is 0 Å². The lowest BCUT2D eigenvalue weighted by molar-refractivity contribution is 1.32. The first-order chi connectivity index (χ1) is 14.4. The minimum atomic E-state index is 1.05. The molecule has 0 N–H and O–H groups in total. The van der Waals surface area contributed by atoms with Crippen molar-refractivity contribution in [3.8, 4) is 0 Å². The van der Waals surface area contributed by atoms with Crippen molar-refractivity contribution in [3.63, 3.8) is 0 Å². The summed E-state index contributed by atoms with van der Waals surface area (Å²) in [4.78, 5) is 4.80. The molecule has 7 rings (SSSR count). The minimum absolute atomic E-state index is 1.05. The second-order valence-corrected chi connectivity index (χ2v) is 7.70. The van der Waals surface area contributed by atoms with Gasteiger partial charge in [-0.05, 0) is 57.9 Å². The van der Waals surface area contributed by atoms with Gasteiger partial charge in [-0.1, -0.05) is 54.6 Å². The van der Waals surface area contributed by atoms with Crippen LogP contribution in [0.1, 0.15) is 0 Å². The molecule has 2 heteroatoms. The summed E-state index contributed by atoms with van der Waals surface area (Å²) < 4.78 is 2.37. The van der Waals surface area contributed by atoms with E-state index in [4.69, 9.17) is 4.98 Å². The maximum absolute atomic E-state index is 4.80. The molecule has 0 radical (unpaired) electrons. The molecule has 29 heavy (non-hydrogen) atoms. The van der Waals surface area contributed by atoms with Crippen molar-refractivity contribution < 1.29 is 0 Å². The maximum Gasteiger partial charge on any atom is 0.0949 e. The van der Waals surface area contributed by atoms with Crippen molar-refractivity contribution >= 4 is 59.8 Å². The van der Waals surface area contributed by atoms with Crippen LogP contribution >= 0.6 is 0 Å². The fraction of sp³-hybridized carbons (Fsp3) is 0. The zero-order chi connectivity index (χ0) is 18.9. The normalized spacial score (nSPS) is 12.1. The maximum atomic E-state index is 4.80. The van der Waals surface area contributed by atoms with E-state index in [1.54, 1.807) is 0 Å². The van der Waals surface area contributed by atoms with Gasteiger partial charge < -0.3 is 4.40 Å². The highest BCUT2D eigenvalue weighted by atomic mass is 14.9. The molecule has 0 aliphatic rings. The molecule has 0 aliphatic carbocycles. The summed E-state index contributed by atoms with van der Waals surface area (Å²) in [6, 6.07) is 32.8. The number of hydrogen-bond donors (Lipinski definition) is 0. The fourth-order valence-corrected chi connectivity index (χ4v) is 4.87. The van der Waals surface area contributed by atoms with Crippen molar-refractivity contribution in [3.05, 3.63) is 97.2 Å². The van der Waals surface area contributed by atoms with Crippen LogP contribution in [0.15, 0.2) is 97.2 Å². The van der Waals surface area contributed by atoms with Crippen molar-refractivity contribution in [2.24, 2.45) is 0 Å². The van der Waals surface area contributed by atoms with E-state index < -0.39 is 0 Å². The molecule has 4 aromatic carbocycles. The number of pyridine rings is 2. The Morgan fingerprint density at radius 2 is 1.31 bits per heavy atom.